The summed E-state index contributed by atoms with van der Waals surface area (Å²) in [4.78, 5) is 35.5. The molecule has 0 aliphatic heterocycles. The molecule has 0 aliphatic rings. The van der Waals surface area contributed by atoms with Gasteiger partial charge in [0.15, 0.2) is 0 Å². The van der Waals surface area contributed by atoms with E-state index in [0.29, 0.717) is 32.7 Å². The molecule has 0 saturated heterocycles. The van der Waals surface area contributed by atoms with Crippen molar-refractivity contribution in [3.8, 4) is 0 Å². The summed E-state index contributed by atoms with van der Waals surface area (Å²) in [6.07, 6.45) is 4.49. The fourth-order valence-corrected chi connectivity index (χ4v) is 2.48. The predicted molar refractivity (Wildman–Crippen MR) is 72.6 cm³/mol. The second-order valence-electron chi connectivity index (χ2n) is 4.34. The number of benzene rings is 1. The number of hydrogen-bond acceptors (Lipinski definition) is 4. The number of fused-ring (bicyclic) bond motifs is 2. The minimum absolute atomic E-state index is 0.183. The number of pyridine rings is 3. The topological polar surface area (TPSA) is 75.7 Å². The Hall–Kier alpha value is -2.82. The van der Waals surface area contributed by atoms with E-state index in [4.69, 9.17) is 0 Å². The van der Waals surface area contributed by atoms with E-state index in [9.17, 15) is 9.59 Å². The summed E-state index contributed by atoms with van der Waals surface area (Å²) < 4.78 is 0. The van der Waals surface area contributed by atoms with Crippen molar-refractivity contribution in [3.63, 3.8) is 0 Å². The van der Waals surface area contributed by atoms with E-state index < -0.39 is 0 Å². The van der Waals surface area contributed by atoms with E-state index in [1.807, 2.05) is 0 Å². The van der Waals surface area contributed by atoms with E-state index in [0.717, 1.165) is 0 Å². The minimum Gasteiger partial charge on any atom is -0.359 e. The van der Waals surface area contributed by atoms with Gasteiger partial charge in [0.05, 0.1) is 17.2 Å². The standard InChI is InChI=1S/C14H7N3O2/c18-9-6-17-13-10-7(9)3-5-16-12(10)11-8(14(13)19)2-1-4-15-11/h1-6,15H. The van der Waals surface area contributed by atoms with Gasteiger partial charge < -0.3 is 4.98 Å². The average molecular weight is 249 g/mol. The first kappa shape index (κ1) is 10.1. The molecule has 1 N–H and O–H groups in total. The zero-order valence-electron chi connectivity index (χ0n) is 9.68. The zero-order chi connectivity index (χ0) is 13.0. The van der Waals surface area contributed by atoms with Crippen LogP contribution < -0.4 is 10.9 Å². The van der Waals surface area contributed by atoms with Gasteiger partial charge in [-0.3, -0.25) is 14.6 Å². The summed E-state index contributed by atoms with van der Waals surface area (Å²) in [5, 5.41) is 1.54. The number of rotatable bonds is 0. The number of aromatic nitrogens is 3. The zero-order valence-corrected chi connectivity index (χ0v) is 9.68. The summed E-state index contributed by atoms with van der Waals surface area (Å²) in [5.74, 6) is 0. The summed E-state index contributed by atoms with van der Waals surface area (Å²) in [5.41, 5.74) is 1.16. The smallest absolute Gasteiger partial charge is 0.214 e. The lowest BCUT2D eigenvalue weighted by Gasteiger charge is -2.05. The van der Waals surface area contributed by atoms with Gasteiger partial charge in [0, 0.05) is 28.6 Å². The highest BCUT2D eigenvalue weighted by atomic mass is 16.1. The molecular weight excluding hydrogens is 242 g/mol. The molecule has 0 unspecified atom stereocenters. The number of nitrogens with zero attached hydrogens (tertiary/aromatic N) is 2. The van der Waals surface area contributed by atoms with Gasteiger partial charge in [-0.1, -0.05) is 0 Å². The quantitative estimate of drug-likeness (QED) is 0.378. The average Bonchev–Trinajstić information content (AvgIpc) is 2.46. The lowest BCUT2D eigenvalue weighted by atomic mass is 10.0. The molecule has 90 valence electrons. The van der Waals surface area contributed by atoms with E-state index >= 15 is 0 Å². The van der Waals surface area contributed by atoms with Gasteiger partial charge in [-0.05, 0) is 18.2 Å². The molecule has 0 amide bonds. The highest BCUT2D eigenvalue weighted by molar-refractivity contribution is 6.16. The van der Waals surface area contributed by atoms with Crippen molar-refractivity contribution in [1.82, 2.24) is 15.0 Å². The third-order valence-electron chi connectivity index (χ3n) is 3.32. The summed E-state index contributed by atoms with van der Waals surface area (Å²) in [6.45, 7) is 0. The number of aromatic amines is 1. The second kappa shape index (κ2) is 3.35. The Balaban J connectivity index is 2.55. The van der Waals surface area contributed by atoms with Gasteiger partial charge in [0.1, 0.15) is 5.52 Å². The first-order valence-electron chi connectivity index (χ1n) is 5.78. The van der Waals surface area contributed by atoms with Gasteiger partial charge in [-0.15, -0.1) is 0 Å². The van der Waals surface area contributed by atoms with Crippen molar-refractivity contribution in [2.75, 3.05) is 0 Å². The molecule has 4 rings (SSSR count). The molecule has 0 fully saturated rings. The predicted octanol–water partition coefficient (Wildman–Crippen LogP) is 1.42. The van der Waals surface area contributed by atoms with Crippen molar-refractivity contribution in [2.24, 2.45) is 0 Å². The first-order valence-corrected chi connectivity index (χ1v) is 5.78. The second-order valence-corrected chi connectivity index (χ2v) is 4.34. The number of nitrogens with one attached hydrogen (secondary N) is 1. The summed E-state index contributed by atoms with van der Waals surface area (Å²) >= 11 is 0. The molecule has 3 heterocycles. The maximum absolute atomic E-state index is 12.4. The lowest BCUT2D eigenvalue weighted by molar-refractivity contribution is 1.34. The molecular formula is C14H7N3O2. The number of hydrogen-bond donors (Lipinski definition) is 1. The Kier molecular flexibility index (Phi) is 1.79. The highest BCUT2D eigenvalue weighted by Gasteiger charge is 2.14. The fraction of sp³-hybridized carbons (Fsp3) is 0. The van der Waals surface area contributed by atoms with E-state index in [-0.39, 0.29) is 10.9 Å². The Morgan fingerprint density at radius 3 is 2.79 bits per heavy atom. The normalized spacial score (nSPS) is 11.6. The fourth-order valence-electron chi connectivity index (χ4n) is 2.48. The van der Waals surface area contributed by atoms with Crippen LogP contribution in [0, 0.1) is 0 Å². The molecule has 0 saturated carbocycles. The van der Waals surface area contributed by atoms with Crippen molar-refractivity contribution in [1.29, 1.82) is 0 Å². The molecule has 0 radical (unpaired) electrons. The van der Waals surface area contributed by atoms with Crippen LogP contribution in [0.15, 0.2) is 46.4 Å². The van der Waals surface area contributed by atoms with E-state index in [2.05, 4.69) is 15.0 Å². The van der Waals surface area contributed by atoms with Crippen LogP contribution in [0.1, 0.15) is 0 Å². The molecule has 1 aromatic carbocycles. The molecule has 0 bridgehead atoms. The Morgan fingerprint density at radius 1 is 1.00 bits per heavy atom. The maximum Gasteiger partial charge on any atom is 0.214 e. The van der Waals surface area contributed by atoms with Gasteiger partial charge >= 0.3 is 0 Å². The van der Waals surface area contributed by atoms with Crippen molar-refractivity contribution >= 4 is 32.7 Å². The molecule has 0 spiro atoms. The van der Waals surface area contributed by atoms with Crippen molar-refractivity contribution in [3.05, 3.63) is 57.2 Å². The van der Waals surface area contributed by atoms with Gasteiger partial charge in [-0.2, -0.15) is 0 Å². The molecule has 4 aromatic rings. The van der Waals surface area contributed by atoms with Crippen LogP contribution in [0.3, 0.4) is 0 Å². The van der Waals surface area contributed by atoms with Gasteiger partial charge in [0.2, 0.25) is 10.9 Å². The molecule has 0 aliphatic carbocycles. The number of H-pyrrole nitrogens is 1. The summed E-state index contributed by atoms with van der Waals surface area (Å²) in [6, 6.07) is 5.10. The van der Waals surface area contributed by atoms with E-state index in [1.54, 1.807) is 30.6 Å². The lowest BCUT2D eigenvalue weighted by Crippen LogP contribution is -2.11. The Labute approximate surface area is 105 Å². The van der Waals surface area contributed by atoms with Crippen LogP contribution in [0.25, 0.3) is 32.7 Å². The van der Waals surface area contributed by atoms with Crippen LogP contribution in [-0.4, -0.2) is 15.0 Å². The first-order chi connectivity index (χ1) is 9.27. The summed E-state index contributed by atoms with van der Waals surface area (Å²) in [7, 11) is 0. The minimum atomic E-state index is -0.199. The van der Waals surface area contributed by atoms with Crippen LogP contribution in [0.4, 0.5) is 0 Å². The largest absolute Gasteiger partial charge is 0.359 e. The van der Waals surface area contributed by atoms with E-state index in [1.165, 1.54) is 6.20 Å². The Morgan fingerprint density at radius 2 is 1.89 bits per heavy atom. The Bertz CT molecular complexity index is 1050. The molecule has 5 nitrogen and oxygen atoms in total. The molecule has 0 atom stereocenters. The van der Waals surface area contributed by atoms with Gasteiger partial charge in [0.25, 0.3) is 0 Å². The molecule has 5 heteroatoms. The third-order valence-corrected chi connectivity index (χ3v) is 3.32. The third kappa shape index (κ3) is 1.18. The molecule has 19 heavy (non-hydrogen) atoms. The van der Waals surface area contributed by atoms with Gasteiger partial charge in [-0.25, -0.2) is 4.98 Å². The van der Waals surface area contributed by atoms with Crippen LogP contribution >= 0.6 is 0 Å². The monoisotopic (exact) mass is 249 g/mol. The highest BCUT2D eigenvalue weighted by Crippen LogP contribution is 2.24. The van der Waals surface area contributed by atoms with Crippen LogP contribution in [0.2, 0.25) is 0 Å². The maximum atomic E-state index is 12.4. The van der Waals surface area contributed by atoms with Crippen LogP contribution in [-0.2, 0) is 0 Å². The molecule has 3 aromatic heterocycles. The van der Waals surface area contributed by atoms with Crippen molar-refractivity contribution in [2.45, 2.75) is 0 Å². The SMILES string of the molecule is O=c1cnc2c(=O)c3ccc[nH]c3c3nccc1c23. The van der Waals surface area contributed by atoms with Crippen LogP contribution in [0.5, 0.6) is 0 Å². The van der Waals surface area contributed by atoms with Crippen molar-refractivity contribution < 1.29 is 0 Å².